The molecule has 1 unspecified atom stereocenters. The number of carbonyl (C=O) groups excluding carboxylic acids is 1. The van der Waals surface area contributed by atoms with Crippen LogP contribution >= 0.6 is 0 Å². The second-order valence-corrected chi connectivity index (χ2v) is 7.32. The van der Waals surface area contributed by atoms with Crippen LogP contribution in [0.25, 0.3) is 0 Å². The number of benzene rings is 2. The first-order chi connectivity index (χ1) is 13.7. The average molecular weight is 381 g/mol. The lowest BCUT2D eigenvalue weighted by molar-refractivity contribution is 0.0735. The number of ether oxygens (including phenoxy) is 1. The third-order valence-electron chi connectivity index (χ3n) is 5.59. The molecule has 2 aromatic carbocycles. The van der Waals surface area contributed by atoms with Gasteiger partial charge in [0.25, 0.3) is 5.91 Å². The fourth-order valence-corrected chi connectivity index (χ4v) is 3.93. The van der Waals surface area contributed by atoms with E-state index in [1.807, 2.05) is 36.1 Å². The molecule has 0 spiro atoms. The van der Waals surface area contributed by atoms with E-state index in [1.54, 1.807) is 0 Å². The van der Waals surface area contributed by atoms with Crippen molar-refractivity contribution in [3.05, 3.63) is 65.2 Å². The molecule has 4 heteroatoms. The van der Waals surface area contributed by atoms with Gasteiger partial charge in [0.15, 0.2) is 0 Å². The van der Waals surface area contributed by atoms with Crippen molar-refractivity contribution >= 4 is 5.91 Å². The molecule has 0 aromatic heterocycles. The minimum Gasteiger partial charge on any atom is -0.494 e. The first-order valence-electron chi connectivity index (χ1n) is 10.5. The van der Waals surface area contributed by atoms with E-state index in [2.05, 4.69) is 43.0 Å². The molecule has 1 atom stereocenters. The predicted molar refractivity (Wildman–Crippen MR) is 114 cm³/mol. The summed E-state index contributed by atoms with van der Waals surface area (Å²) in [7, 11) is 0. The molecule has 0 bridgehead atoms. The Morgan fingerprint density at radius 3 is 2.32 bits per heavy atom. The van der Waals surface area contributed by atoms with Crippen molar-refractivity contribution in [2.75, 3.05) is 26.2 Å². The fourth-order valence-electron chi connectivity index (χ4n) is 3.93. The molecule has 1 amide bonds. The summed E-state index contributed by atoms with van der Waals surface area (Å²) in [6, 6.07) is 16.5. The fraction of sp³-hybridized carbons (Fsp3) is 0.458. The molecule has 2 aromatic rings. The van der Waals surface area contributed by atoms with E-state index in [0.717, 1.165) is 50.3 Å². The molecule has 0 radical (unpaired) electrons. The Bertz CT molecular complexity index is 751. The Labute approximate surface area is 169 Å². The third-order valence-corrected chi connectivity index (χ3v) is 5.59. The quantitative estimate of drug-likeness (QED) is 0.653. The number of amides is 1. The maximum absolute atomic E-state index is 13.1. The average Bonchev–Trinajstić information content (AvgIpc) is 3.22. The smallest absolute Gasteiger partial charge is 0.254 e. The van der Waals surface area contributed by atoms with E-state index < -0.39 is 0 Å². The maximum atomic E-state index is 13.1. The van der Waals surface area contributed by atoms with Crippen LogP contribution in [0.1, 0.15) is 61.1 Å². The molecule has 1 heterocycles. The highest BCUT2D eigenvalue weighted by Crippen LogP contribution is 2.34. The van der Waals surface area contributed by atoms with Crippen LogP contribution in [0.2, 0.25) is 0 Å². The van der Waals surface area contributed by atoms with E-state index in [9.17, 15) is 4.79 Å². The Hall–Kier alpha value is -2.33. The van der Waals surface area contributed by atoms with Gasteiger partial charge in [0, 0.05) is 18.7 Å². The lowest BCUT2D eigenvalue weighted by Gasteiger charge is -2.25. The molecular formula is C24H32N2O2. The molecule has 1 fully saturated rings. The van der Waals surface area contributed by atoms with Crippen LogP contribution < -0.4 is 4.74 Å². The largest absolute Gasteiger partial charge is 0.494 e. The molecular weight excluding hydrogens is 348 g/mol. The van der Waals surface area contributed by atoms with E-state index in [0.29, 0.717) is 6.61 Å². The van der Waals surface area contributed by atoms with E-state index >= 15 is 0 Å². The molecule has 0 saturated carbocycles. The van der Waals surface area contributed by atoms with Gasteiger partial charge in [0.1, 0.15) is 5.75 Å². The van der Waals surface area contributed by atoms with Gasteiger partial charge in [-0.25, -0.2) is 0 Å². The summed E-state index contributed by atoms with van der Waals surface area (Å²) in [6.45, 7) is 10.8. The molecule has 1 saturated heterocycles. The van der Waals surface area contributed by atoms with Crippen LogP contribution in [-0.4, -0.2) is 41.9 Å². The minimum atomic E-state index is 0.130. The van der Waals surface area contributed by atoms with Crippen molar-refractivity contribution in [2.24, 2.45) is 0 Å². The van der Waals surface area contributed by atoms with Crippen molar-refractivity contribution in [1.29, 1.82) is 0 Å². The number of hydrogen-bond acceptors (Lipinski definition) is 3. The van der Waals surface area contributed by atoms with Gasteiger partial charge in [0.05, 0.1) is 12.6 Å². The predicted octanol–water partition coefficient (Wildman–Crippen LogP) is 4.90. The summed E-state index contributed by atoms with van der Waals surface area (Å²) in [5, 5.41) is 0. The summed E-state index contributed by atoms with van der Waals surface area (Å²) in [5.74, 6) is 1.01. The lowest BCUT2D eigenvalue weighted by Crippen LogP contribution is -2.30. The molecule has 4 nitrogen and oxygen atoms in total. The summed E-state index contributed by atoms with van der Waals surface area (Å²) < 4.78 is 5.54. The number of hydrogen-bond donors (Lipinski definition) is 0. The molecule has 150 valence electrons. The Kier molecular flexibility index (Phi) is 7.10. The van der Waals surface area contributed by atoms with Crippen LogP contribution in [0.4, 0.5) is 0 Å². The minimum absolute atomic E-state index is 0.130. The number of carbonyl (C=O) groups is 1. The SMILES string of the molecule is CCOc1ccc(C2CCCN2C(=O)c2ccc(CN(CC)CC)cc2)cc1. The normalized spacial score (nSPS) is 16.6. The van der Waals surface area contributed by atoms with Gasteiger partial charge in [0.2, 0.25) is 0 Å². The highest BCUT2D eigenvalue weighted by atomic mass is 16.5. The van der Waals surface area contributed by atoms with Gasteiger partial charge in [-0.2, -0.15) is 0 Å². The van der Waals surface area contributed by atoms with Crippen molar-refractivity contribution < 1.29 is 9.53 Å². The Balaban J connectivity index is 1.70. The third kappa shape index (κ3) is 4.74. The first kappa shape index (κ1) is 20.4. The van der Waals surface area contributed by atoms with Gasteiger partial charge in [-0.3, -0.25) is 9.69 Å². The van der Waals surface area contributed by atoms with Gasteiger partial charge in [-0.15, -0.1) is 0 Å². The van der Waals surface area contributed by atoms with Crippen LogP contribution in [0.5, 0.6) is 5.75 Å². The monoisotopic (exact) mass is 380 g/mol. The van der Waals surface area contributed by atoms with E-state index in [1.165, 1.54) is 11.1 Å². The highest BCUT2D eigenvalue weighted by Gasteiger charge is 2.30. The maximum Gasteiger partial charge on any atom is 0.254 e. The van der Waals surface area contributed by atoms with Crippen molar-refractivity contribution in [3.63, 3.8) is 0 Å². The number of likely N-dealkylation sites (tertiary alicyclic amines) is 1. The van der Waals surface area contributed by atoms with Crippen molar-refractivity contribution in [3.8, 4) is 5.75 Å². The van der Waals surface area contributed by atoms with Gasteiger partial charge >= 0.3 is 0 Å². The van der Waals surface area contributed by atoms with Crippen LogP contribution in [0.15, 0.2) is 48.5 Å². The molecule has 28 heavy (non-hydrogen) atoms. The summed E-state index contributed by atoms with van der Waals surface area (Å²) >= 11 is 0. The van der Waals surface area contributed by atoms with Gasteiger partial charge in [-0.05, 0) is 68.2 Å². The Morgan fingerprint density at radius 2 is 1.71 bits per heavy atom. The molecule has 0 aliphatic carbocycles. The zero-order chi connectivity index (χ0) is 19.9. The summed E-state index contributed by atoms with van der Waals surface area (Å²) in [5.41, 5.74) is 3.22. The van der Waals surface area contributed by atoms with Gasteiger partial charge in [-0.1, -0.05) is 38.1 Å². The number of nitrogens with zero attached hydrogens (tertiary/aromatic N) is 2. The zero-order valence-corrected chi connectivity index (χ0v) is 17.4. The van der Waals surface area contributed by atoms with Crippen molar-refractivity contribution in [2.45, 2.75) is 46.2 Å². The second-order valence-electron chi connectivity index (χ2n) is 7.32. The topological polar surface area (TPSA) is 32.8 Å². The number of rotatable bonds is 8. The van der Waals surface area contributed by atoms with Crippen LogP contribution in [0, 0.1) is 0 Å². The van der Waals surface area contributed by atoms with E-state index in [-0.39, 0.29) is 11.9 Å². The molecule has 3 rings (SSSR count). The molecule has 1 aliphatic rings. The standard InChI is InChI=1S/C24H32N2O2/c1-4-25(5-2)18-19-9-11-21(12-10-19)24(27)26-17-7-8-23(26)20-13-15-22(16-14-20)28-6-3/h9-16,23H,4-8,17-18H2,1-3H3. The van der Waals surface area contributed by atoms with Crippen LogP contribution in [-0.2, 0) is 6.54 Å². The first-order valence-corrected chi connectivity index (χ1v) is 10.5. The Morgan fingerprint density at radius 1 is 1.04 bits per heavy atom. The molecule has 1 aliphatic heterocycles. The summed E-state index contributed by atoms with van der Waals surface area (Å²) in [4.78, 5) is 17.5. The van der Waals surface area contributed by atoms with Crippen molar-refractivity contribution in [1.82, 2.24) is 9.80 Å². The van der Waals surface area contributed by atoms with Crippen LogP contribution in [0.3, 0.4) is 0 Å². The van der Waals surface area contributed by atoms with Gasteiger partial charge < -0.3 is 9.64 Å². The molecule has 0 N–H and O–H groups in total. The zero-order valence-electron chi connectivity index (χ0n) is 17.4. The highest BCUT2D eigenvalue weighted by molar-refractivity contribution is 5.94. The summed E-state index contributed by atoms with van der Waals surface area (Å²) in [6.07, 6.45) is 2.06. The second kappa shape index (κ2) is 9.74. The van der Waals surface area contributed by atoms with E-state index in [4.69, 9.17) is 4.74 Å². The lowest BCUT2D eigenvalue weighted by atomic mass is 10.0.